The molecule has 1 amide bonds. The summed E-state index contributed by atoms with van der Waals surface area (Å²) >= 11 is 6.68. The molecule has 2 saturated heterocycles. The van der Waals surface area contributed by atoms with E-state index in [1.165, 1.54) is 11.8 Å². The normalized spacial score (nSPS) is 22.5. The largest absolute Gasteiger partial charge is 0.497 e. The molecule has 1 atom stereocenters. The molecule has 2 aliphatic rings. The first kappa shape index (κ1) is 17.3. The molecule has 5 nitrogen and oxygen atoms in total. The van der Waals surface area contributed by atoms with Crippen LogP contribution in [0.3, 0.4) is 0 Å². The van der Waals surface area contributed by atoms with E-state index in [9.17, 15) is 4.79 Å². The summed E-state index contributed by atoms with van der Waals surface area (Å²) in [6, 6.07) is 5.47. The summed E-state index contributed by atoms with van der Waals surface area (Å²) in [4.78, 5) is 14.9. The maximum Gasteiger partial charge on any atom is 0.266 e. The molecule has 0 N–H and O–H groups in total. The van der Waals surface area contributed by atoms with E-state index >= 15 is 0 Å². The molecule has 3 rings (SSSR count). The van der Waals surface area contributed by atoms with Crippen LogP contribution in [0.1, 0.15) is 18.4 Å². The van der Waals surface area contributed by atoms with E-state index < -0.39 is 0 Å². The molecule has 1 aromatic carbocycles. The highest BCUT2D eigenvalue weighted by molar-refractivity contribution is 8.26. The van der Waals surface area contributed by atoms with Gasteiger partial charge in [-0.05, 0) is 37.1 Å². The van der Waals surface area contributed by atoms with Gasteiger partial charge in [-0.15, -0.1) is 0 Å². The fourth-order valence-electron chi connectivity index (χ4n) is 2.74. The monoisotopic (exact) mass is 365 g/mol. The van der Waals surface area contributed by atoms with Crippen molar-refractivity contribution in [1.82, 2.24) is 4.90 Å². The molecule has 2 heterocycles. The molecule has 24 heavy (non-hydrogen) atoms. The van der Waals surface area contributed by atoms with Crippen LogP contribution >= 0.6 is 24.0 Å². The number of ether oxygens (including phenoxy) is 3. The van der Waals surface area contributed by atoms with Gasteiger partial charge >= 0.3 is 0 Å². The molecule has 0 aliphatic carbocycles. The van der Waals surface area contributed by atoms with Crippen LogP contribution < -0.4 is 9.47 Å². The second-order valence-corrected chi connectivity index (χ2v) is 7.21. The Bertz CT molecular complexity index is 683. The third-order valence-electron chi connectivity index (χ3n) is 4.01. The van der Waals surface area contributed by atoms with Crippen molar-refractivity contribution in [3.05, 3.63) is 28.7 Å². The molecule has 1 aromatic rings. The van der Waals surface area contributed by atoms with E-state index in [1.807, 2.05) is 18.2 Å². The fourth-order valence-corrected chi connectivity index (χ4v) is 4.01. The Labute approximate surface area is 150 Å². The average Bonchev–Trinajstić information content (AvgIpc) is 3.19. The fraction of sp³-hybridized carbons (Fsp3) is 0.412. The molecule has 7 heteroatoms. The number of thioether (sulfide) groups is 1. The first-order valence-corrected chi connectivity index (χ1v) is 8.94. The van der Waals surface area contributed by atoms with Gasteiger partial charge in [-0.2, -0.15) is 0 Å². The number of carbonyl (C=O) groups is 1. The van der Waals surface area contributed by atoms with Gasteiger partial charge in [0.25, 0.3) is 5.91 Å². The van der Waals surface area contributed by atoms with E-state index in [0.717, 1.165) is 25.0 Å². The van der Waals surface area contributed by atoms with E-state index in [1.54, 1.807) is 25.2 Å². The summed E-state index contributed by atoms with van der Waals surface area (Å²) < 4.78 is 16.8. The number of nitrogens with zero attached hydrogens (tertiary/aromatic N) is 1. The third-order valence-corrected chi connectivity index (χ3v) is 5.39. The number of hydrogen-bond donors (Lipinski definition) is 0. The maximum absolute atomic E-state index is 12.7. The minimum absolute atomic E-state index is 0.0784. The molecule has 0 aromatic heterocycles. The van der Waals surface area contributed by atoms with Crippen molar-refractivity contribution in [1.29, 1.82) is 0 Å². The SMILES string of the molecule is COc1ccc(OC)c(/C=C2\SC(=S)N(C[C@H]3CCCO3)C2=O)c1. The van der Waals surface area contributed by atoms with Crippen molar-refractivity contribution in [3.63, 3.8) is 0 Å². The minimum atomic E-state index is -0.0784. The quantitative estimate of drug-likeness (QED) is 0.590. The van der Waals surface area contributed by atoms with E-state index in [-0.39, 0.29) is 12.0 Å². The Morgan fingerprint density at radius 2 is 2.25 bits per heavy atom. The van der Waals surface area contributed by atoms with Crippen molar-refractivity contribution in [2.75, 3.05) is 27.4 Å². The van der Waals surface area contributed by atoms with Crippen molar-refractivity contribution in [3.8, 4) is 11.5 Å². The molecule has 0 bridgehead atoms. The zero-order valence-corrected chi connectivity index (χ0v) is 15.2. The number of hydrogen-bond acceptors (Lipinski definition) is 6. The third kappa shape index (κ3) is 3.58. The van der Waals surface area contributed by atoms with Gasteiger partial charge in [-0.25, -0.2) is 0 Å². The summed E-state index contributed by atoms with van der Waals surface area (Å²) in [5.74, 6) is 1.31. The minimum Gasteiger partial charge on any atom is -0.497 e. The van der Waals surface area contributed by atoms with Crippen LogP contribution in [0.15, 0.2) is 23.1 Å². The topological polar surface area (TPSA) is 48.0 Å². The Morgan fingerprint density at radius 1 is 1.42 bits per heavy atom. The Hall–Kier alpha value is -1.57. The molecule has 0 unspecified atom stereocenters. The van der Waals surface area contributed by atoms with Crippen molar-refractivity contribution >= 4 is 40.3 Å². The van der Waals surface area contributed by atoms with Crippen molar-refractivity contribution in [2.45, 2.75) is 18.9 Å². The van der Waals surface area contributed by atoms with Crippen molar-refractivity contribution in [2.24, 2.45) is 0 Å². The lowest BCUT2D eigenvalue weighted by Gasteiger charge is -2.18. The summed E-state index contributed by atoms with van der Waals surface area (Å²) in [5.41, 5.74) is 0.787. The van der Waals surface area contributed by atoms with Gasteiger partial charge < -0.3 is 14.2 Å². The molecule has 0 radical (unpaired) electrons. The maximum atomic E-state index is 12.7. The Balaban J connectivity index is 1.83. The summed E-state index contributed by atoms with van der Waals surface area (Å²) in [5, 5.41) is 0. The number of amides is 1. The van der Waals surface area contributed by atoms with Gasteiger partial charge in [0.1, 0.15) is 15.8 Å². The van der Waals surface area contributed by atoms with Gasteiger partial charge in [0, 0.05) is 12.2 Å². The van der Waals surface area contributed by atoms with E-state index in [2.05, 4.69) is 0 Å². The molecular formula is C17H19NO4S2. The molecular weight excluding hydrogens is 346 g/mol. The van der Waals surface area contributed by atoms with Crippen LogP contribution in [0.5, 0.6) is 11.5 Å². The van der Waals surface area contributed by atoms with Crippen LogP contribution in [0.2, 0.25) is 0 Å². The van der Waals surface area contributed by atoms with Crippen LogP contribution in [0, 0.1) is 0 Å². The van der Waals surface area contributed by atoms with Crippen LogP contribution in [0.25, 0.3) is 6.08 Å². The number of carbonyl (C=O) groups excluding carboxylic acids is 1. The lowest BCUT2D eigenvalue weighted by molar-refractivity contribution is -0.123. The zero-order chi connectivity index (χ0) is 17.1. The summed E-state index contributed by atoms with van der Waals surface area (Å²) in [6.45, 7) is 1.29. The Kier molecular flexibility index (Phi) is 5.43. The van der Waals surface area contributed by atoms with Crippen LogP contribution in [-0.2, 0) is 9.53 Å². The van der Waals surface area contributed by atoms with Gasteiger partial charge in [-0.1, -0.05) is 24.0 Å². The van der Waals surface area contributed by atoms with Gasteiger partial charge in [0.2, 0.25) is 0 Å². The predicted molar refractivity (Wildman–Crippen MR) is 98.4 cm³/mol. The first-order chi connectivity index (χ1) is 11.6. The summed E-state index contributed by atoms with van der Waals surface area (Å²) in [6.07, 6.45) is 3.89. The highest BCUT2D eigenvalue weighted by atomic mass is 32.2. The number of rotatable bonds is 5. The lowest BCUT2D eigenvalue weighted by atomic mass is 10.1. The van der Waals surface area contributed by atoms with Crippen LogP contribution in [-0.4, -0.2) is 48.6 Å². The molecule has 0 saturated carbocycles. The first-order valence-electron chi connectivity index (χ1n) is 7.71. The van der Waals surface area contributed by atoms with Gasteiger partial charge in [0.15, 0.2) is 0 Å². The predicted octanol–water partition coefficient (Wildman–Crippen LogP) is 3.08. The number of benzene rings is 1. The second-order valence-electron chi connectivity index (χ2n) is 5.54. The van der Waals surface area contributed by atoms with Gasteiger partial charge in [0.05, 0.1) is 31.8 Å². The summed E-state index contributed by atoms with van der Waals surface area (Å²) in [7, 11) is 3.20. The molecule has 0 spiro atoms. The van der Waals surface area contributed by atoms with Gasteiger partial charge in [-0.3, -0.25) is 9.69 Å². The second kappa shape index (κ2) is 7.55. The highest BCUT2D eigenvalue weighted by Gasteiger charge is 2.34. The zero-order valence-electron chi connectivity index (χ0n) is 13.6. The smallest absolute Gasteiger partial charge is 0.266 e. The van der Waals surface area contributed by atoms with E-state index in [4.69, 9.17) is 26.4 Å². The molecule has 2 fully saturated rings. The Morgan fingerprint density at radius 3 is 2.92 bits per heavy atom. The average molecular weight is 365 g/mol. The highest BCUT2D eigenvalue weighted by Crippen LogP contribution is 2.35. The molecule has 2 aliphatic heterocycles. The van der Waals surface area contributed by atoms with Crippen molar-refractivity contribution < 1.29 is 19.0 Å². The van der Waals surface area contributed by atoms with Crippen LogP contribution in [0.4, 0.5) is 0 Å². The lowest BCUT2D eigenvalue weighted by Crippen LogP contribution is -2.35. The number of methoxy groups -OCH3 is 2. The molecule has 128 valence electrons. The standard InChI is InChI=1S/C17H19NO4S2/c1-20-12-5-6-14(21-2)11(8-12)9-15-16(19)18(17(23)24-15)10-13-4-3-7-22-13/h5-6,8-9,13H,3-4,7,10H2,1-2H3/b15-9-/t13-/m1/s1. The number of thiocarbonyl (C=S) groups is 1. The van der Waals surface area contributed by atoms with E-state index in [0.29, 0.717) is 27.3 Å².